The van der Waals surface area contributed by atoms with Gasteiger partial charge in [-0.3, -0.25) is 19.2 Å². The first-order valence-electron chi connectivity index (χ1n) is 16.5. The number of benzene rings is 3. The molecule has 3 aromatic carbocycles. The highest BCUT2D eigenvalue weighted by molar-refractivity contribution is 5.94. The summed E-state index contributed by atoms with van der Waals surface area (Å²) >= 11 is 0. The summed E-state index contributed by atoms with van der Waals surface area (Å²) in [6.07, 6.45) is -0.997. The molecule has 0 aromatic heterocycles. The predicted octanol–water partition coefficient (Wildman–Crippen LogP) is 4.34. The molecule has 50 heavy (non-hydrogen) atoms. The molecule has 4 amide bonds. The Hall–Kier alpha value is -5.39. The fraction of sp³-hybridized carbons (Fsp3) is 0.395. The second-order valence-corrected chi connectivity index (χ2v) is 13.2. The highest BCUT2D eigenvalue weighted by atomic mass is 16.6. The number of alkyl carbamates (subject to hydrolysis) is 1. The van der Waals surface area contributed by atoms with E-state index >= 15 is 0 Å². The van der Waals surface area contributed by atoms with Crippen LogP contribution in [0.15, 0.2) is 84.9 Å². The number of hydrogen-bond acceptors (Lipinski definition) is 8. The van der Waals surface area contributed by atoms with E-state index in [0.717, 1.165) is 11.1 Å². The lowest BCUT2D eigenvalue weighted by Gasteiger charge is -2.27. The minimum atomic E-state index is -1.19. The van der Waals surface area contributed by atoms with Crippen molar-refractivity contribution in [1.29, 1.82) is 0 Å². The topological polar surface area (TPSA) is 175 Å². The number of hydrogen-bond donors (Lipinski definition) is 4. The molecule has 0 bridgehead atoms. The van der Waals surface area contributed by atoms with Crippen LogP contribution in [0.3, 0.4) is 0 Å². The minimum Gasteiger partial charge on any atom is -0.489 e. The molecule has 0 radical (unpaired) electrons. The van der Waals surface area contributed by atoms with Crippen LogP contribution in [0.1, 0.15) is 64.2 Å². The number of carbonyl (C=O) groups is 5. The van der Waals surface area contributed by atoms with Gasteiger partial charge >= 0.3 is 12.1 Å². The van der Waals surface area contributed by atoms with Crippen LogP contribution in [0.5, 0.6) is 5.75 Å². The summed E-state index contributed by atoms with van der Waals surface area (Å²) < 4.78 is 16.5. The quantitative estimate of drug-likeness (QED) is 0.152. The number of nitrogens with two attached hydrogens (primary N) is 1. The van der Waals surface area contributed by atoms with Crippen LogP contribution < -0.4 is 26.4 Å². The number of primary amides is 1. The van der Waals surface area contributed by atoms with E-state index in [4.69, 9.17) is 19.9 Å². The van der Waals surface area contributed by atoms with Crippen LogP contribution in [0, 0.1) is 5.92 Å². The molecule has 0 saturated carbocycles. The Bertz CT molecular complexity index is 1560. The van der Waals surface area contributed by atoms with Crippen molar-refractivity contribution in [2.45, 2.75) is 90.8 Å². The Balaban J connectivity index is 1.66. The van der Waals surface area contributed by atoms with Gasteiger partial charge in [-0.05, 0) is 61.9 Å². The van der Waals surface area contributed by atoms with Gasteiger partial charge in [0.05, 0.1) is 0 Å². The first kappa shape index (κ1) is 39.1. The Labute approximate surface area is 293 Å². The molecule has 0 spiro atoms. The van der Waals surface area contributed by atoms with Crippen molar-refractivity contribution in [1.82, 2.24) is 16.0 Å². The lowest BCUT2D eigenvalue weighted by Crippen LogP contribution is -2.58. The zero-order valence-electron chi connectivity index (χ0n) is 29.3. The fourth-order valence-corrected chi connectivity index (χ4v) is 4.77. The summed E-state index contributed by atoms with van der Waals surface area (Å²) in [5.41, 5.74) is 7.27. The molecule has 12 heteroatoms. The largest absolute Gasteiger partial charge is 0.489 e. The van der Waals surface area contributed by atoms with Crippen LogP contribution in [-0.2, 0) is 48.3 Å². The summed E-state index contributed by atoms with van der Waals surface area (Å²) in [4.78, 5) is 64.4. The second-order valence-electron chi connectivity index (χ2n) is 13.2. The summed E-state index contributed by atoms with van der Waals surface area (Å²) in [5.74, 6) is -2.52. The molecule has 0 fully saturated rings. The highest BCUT2D eigenvalue weighted by Crippen LogP contribution is 2.17. The average molecular weight is 689 g/mol. The van der Waals surface area contributed by atoms with Gasteiger partial charge in [0.25, 0.3) is 0 Å². The predicted molar refractivity (Wildman–Crippen MR) is 187 cm³/mol. The van der Waals surface area contributed by atoms with E-state index in [1.807, 2.05) is 60.7 Å². The van der Waals surface area contributed by atoms with Gasteiger partial charge in [-0.25, -0.2) is 4.79 Å². The maximum absolute atomic E-state index is 13.7. The molecule has 5 N–H and O–H groups in total. The Morgan fingerprint density at radius 2 is 1.28 bits per heavy atom. The van der Waals surface area contributed by atoms with Crippen LogP contribution in [0.2, 0.25) is 0 Å². The molecule has 0 saturated heterocycles. The molecular weight excluding hydrogens is 640 g/mol. The molecule has 0 unspecified atom stereocenters. The molecule has 12 nitrogen and oxygen atoms in total. The zero-order valence-corrected chi connectivity index (χ0v) is 29.3. The van der Waals surface area contributed by atoms with Crippen molar-refractivity contribution >= 4 is 29.8 Å². The second kappa shape index (κ2) is 19.0. The maximum Gasteiger partial charge on any atom is 0.408 e. The third-order valence-corrected chi connectivity index (χ3v) is 7.41. The average Bonchev–Trinajstić information content (AvgIpc) is 3.07. The van der Waals surface area contributed by atoms with Gasteiger partial charge in [0.1, 0.15) is 42.7 Å². The van der Waals surface area contributed by atoms with Gasteiger partial charge in [0, 0.05) is 12.8 Å². The fourth-order valence-electron chi connectivity index (χ4n) is 4.77. The van der Waals surface area contributed by atoms with Crippen LogP contribution in [0.25, 0.3) is 0 Å². The molecule has 3 aromatic rings. The monoisotopic (exact) mass is 688 g/mol. The van der Waals surface area contributed by atoms with Crippen molar-refractivity contribution in [2.75, 3.05) is 0 Å². The standard InChI is InChI=1S/C38H48N4O8/c1-25(2)33(36(46)40-30(34(39)44)20-21-32(43)49-24-28-14-10-7-11-15-28)42-35(45)31(41-37(47)50-38(3,4)5)22-26-16-18-29(19-17-26)48-23-27-12-8-6-9-13-27/h6-19,25,30-31,33H,20-24H2,1-5H3,(H2,39,44)(H,40,46)(H,41,47)(H,42,45)/t30-,31-,33+/m1/s1. The van der Waals surface area contributed by atoms with Gasteiger partial charge < -0.3 is 35.9 Å². The Morgan fingerprint density at radius 1 is 0.700 bits per heavy atom. The van der Waals surface area contributed by atoms with Gasteiger partial charge in [-0.1, -0.05) is 86.6 Å². The van der Waals surface area contributed by atoms with E-state index in [1.54, 1.807) is 58.9 Å². The number of rotatable bonds is 17. The van der Waals surface area contributed by atoms with Crippen LogP contribution >= 0.6 is 0 Å². The smallest absolute Gasteiger partial charge is 0.408 e. The summed E-state index contributed by atoms with van der Waals surface area (Å²) in [6.45, 7) is 9.00. The minimum absolute atomic E-state index is 0.0689. The highest BCUT2D eigenvalue weighted by Gasteiger charge is 2.32. The molecule has 0 aliphatic heterocycles. The molecular formula is C38H48N4O8. The number of esters is 1. The van der Waals surface area contributed by atoms with E-state index in [-0.39, 0.29) is 25.9 Å². The third kappa shape index (κ3) is 14.0. The molecule has 0 aliphatic rings. The van der Waals surface area contributed by atoms with E-state index < -0.39 is 59.4 Å². The van der Waals surface area contributed by atoms with E-state index in [9.17, 15) is 24.0 Å². The molecule has 3 atom stereocenters. The SMILES string of the molecule is CC(C)[C@H](NC(=O)[C@@H](Cc1ccc(OCc2ccccc2)cc1)NC(=O)OC(C)(C)C)C(=O)N[C@H](CCC(=O)OCc1ccccc1)C(N)=O. The van der Waals surface area contributed by atoms with Crippen molar-refractivity contribution in [3.63, 3.8) is 0 Å². The lowest BCUT2D eigenvalue weighted by atomic mass is 10.00. The van der Waals surface area contributed by atoms with E-state index in [2.05, 4.69) is 16.0 Å². The normalized spacial score (nSPS) is 12.9. The van der Waals surface area contributed by atoms with Gasteiger partial charge in [0.2, 0.25) is 17.7 Å². The van der Waals surface area contributed by atoms with Crippen molar-refractivity contribution in [3.05, 3.63) is 102 Å². The van der Waals surface area contributed by atoms with Crippen LogP contribution in [-0.4, -0.2) is 53.5 Å². The van der Waals surface area contributed by atoms with E-state index in [1.165, 1.54) is 0 Å². The first-order chi connectivity index (χ1) is 23.7. The van der Waals surface area contributed by atoms with Gasteiger partial charge in [0.15, 0.2) is 0 Å². The Kier molecular flexibility index (Phi) is 14.8. The summed E-state index contributed by atoms with van der Waals surface area (Å²) in [5, 5.41) is 7.89. The number of carbonyl (C=O) groups excluding carboxylic acids is 5. The zero-order chi connectivity index (χ0) is 36.7. The lowest BCUT2D eigenvalue weighted by molar-refractivity contribution is -0.145. The maximum atomic E-state index is 13.7. The van der Waals surface area contributed by atoms with Crippen molar-refractivity contribution < 1.29 is 38.2 Å². The molecule has 0 heterocycles. The summed E-state index contributed by atoms with van der Waals surface area (Å²) in [7, 11) is 0. The van der Waals surface area contributed by atoms with Gasteiger partial charge in [-0.15, -0.1) is 0 Å². The molecule has 268 valence electrons. The Morgan fingerprint density at radius 3 is 1.82 bits per heavy atom. The third-order valence-electron chi connectivity index (χ3n) is 7.41. The van der Waals surface area contributed by atoms with Crippen molar-refractivity contribution in [3.8, 4) is 5.75 Å². The number of amides is 4. The molecule has 0 aliphatic carbocycles. The van der Waals surface area contributed by atoms with E-state index in [0.29, 0.717) is 17.9 Å². The first-order valence-corrected chi connectivity index (χ1v) is 16.5. The molecule has 3 rings (SSSR count). The van der Waals surface area contributed by atoms with Crippen molar-refractivity contribution in [2.24, 2.45) is 11.7 Å². The summed E-state index contributed by atoms with van der Waals surface area (Å²) in [6, 6.07) is 22.5. The number of ether oxygens (including phenoxy) is 3. The number of nitrogens with one attached hydrogen (secondary N) is 3. The van der Waals surface area contributed by atoms with Crippen LogP contribution in [0.4, 0.5) is 4.79 Å². The van der Waals surface area contributed by atoms with Gasteiger partial charge in [-0.2, -0.15) is 0 Å².